The Labute approximate surface area is 142 Å². The highest BCUT2D eigenvalue weighted by atomic mass is 19.1. The molecule has 0 unspecified atom stereocenters. The van der Waals surface area contributed by atoms with Crippen LogP contribution in [0, 0.1) is 12.7 Å². The van der Waals surface area contributed by atoms with Gasteiger partial charge >= 0.3 is 0 Å². The summed E-state index contributed by atoms with van der Waals surface area (Å²) >= 11 is 0. The maximum absolute atomic E-state index is 13.1. The monoisotopic (exact) mass is 334 g/mol. The first-order chi connectivity index (χ1) is 12.1. The van der Waals surface area contributed by atoms with Crippen molar-refractivity contribution in [1.29, 1.82) is 0 Å². The van der Waals surface area contributed by atoms with E-state index in [0.29, 0.717) is 11.3 Å². The van der Waals surface area contributed by atoms with Gasteiger partial charge in [-0.05, 0) is 42.3 Å². The van der Waals surface area contributed by atoms with Gasteiger partial charge in [-0.3, -0.25) is 9.89 Å². The molecule has 0 radical (unpaired) electrons. The Hall–Kier alpha value is -3.41. The second-order valence-corrected chi connectivity index (χ2v) is 5.87. The highest BCUT2D eigenvalue weighted by molar-refractivity contribution is 6.09. The van der Waals surface area contributed by atoms with Gasteiger partial charge in [0.05, 0.1) is 17.3 Å². The van der Waals surface area contributed by atoms with Gasteiger partial charge in [0.1, 0.15) is 5.82 Å². The smallest absolute Gasteiger partial charge is 0.257 e. The predicted molar refractivity (Wildman–Crippen MR) is 95.0 cm³/mol. The molecule has 0 fully saturated rings. The van der Waals surface area contributed by atoms with Crippen molar-refractivity contribution in [2.45, 2.75) is 6.92 Å². The highest BCUT2D eigenvalue weighted by Crippen LogP contribution is 2.26. The molecule has 0 aliphatic carbocycles. The Morgan fingerprint density at radius 2 is 1.96 bits per heavy atom. The number of benzene rings is 2. The topological polar surface area (TPSA) is 73.6 Å². The lowest BCUT2D eigenvalue weighted by Crippen LogP contribution is -2.12. The number of hydrogen-bond acceptors (Lipinski definition) is 2. The van der Waals surface area contributed by atoms with Gasteiger partial charge in [-0.1, -0.05) is 12.1 Å². The third-order valence-electron chi connectivity index (χ3n) is 4.17. The number of aryl methyl sites for hydroxylation is 1. The number of fused-ring (bicyclic) bond motifs is 1. The average Bonchev–Trinajstić information content (AvgIpc) is 3.24. The van der Waals surface area contributed by atoms with E-state index in [4.69, 9.17) is 0 Å². The molecule has 2 heterocycles. The molecule has 0 aliphatic heterocycles. The summed E-state index contributed by atoms with van der Waals surface area (Å²) < 4.78 is 13.1. The second kappa shape index (κ2) is 5.90. The van der Waals surface area contributed by atoms with Gasteiger partial charge in [0.25, 0.3) is 5.91 Å². The largest absolute Gasteiger partial charge is 0.366 e. The van der Waals surface area contributed by atoms with Crippen LogP contribution in [0.1, 0.15) is 15.9 Å². The Kier molecular flexibility index (Phi) is 3.57. The van der Waals surface area contributed by atoms with Gasteiger partial charge in [-0.15, -0.1) is 0 Å². The normalized spacial score (nSPS) is 11.0. The molecule has 6 heteroatoms. The van der Waals surface area contributed by atoms with Crippen LogP contribution in [-0.2, 0) is 0 Å². The summed E-state index contributed by atoms with van der Waals surface area (Å²) in [5, 5.41) is 10.9. The molecule has 5 nitrogen and oxygen atoms in total. The predicted octanol–water partition coefficient (Wildman–Crippen LogP) is 4.26. The molecule has 25 heavy (non-hydrogen) atoms. The molecule has 0 spiro atoms. The number of halogens is 1. The molecule has 0 atom stereocenters. The van der Waals surface area contributed by atoms with Crippen LogP contribution >= 0.6 is 0 Å². The third-order valence-corrected chi connectivity index (χ3v) is 4.17. The van der Waals surface area contributed by atoms with Crippen molar-refractivity contribution in [3.8, 4) is 11.1 Å². The van der Waals surface area contributed by atoms with E-state index in [1.54, 1.807) is 30.7 Å². The number of nitrogens with zero attached hydrogens (tertiary/aromatic N) is 1. The van der Waals surface area contributed by atoms with E-state index in [1.807, 2.05) is 19.1 Å². The molecule has 124 valence electrons. The number of hydrogen-bond donors (Lipinski definition) is 3. The standard InChI is InChI=1S/C19H15FN4O/c1-11-6-14(7-18-15(11)10-22-24-18)23-19(25)17-9-21-8-16(17)12-2-4-13(20)5-3-12/h2-10,21H,1H3,(H,22,24)(H,23,25). The minimum atomic E-state index is -0.311. The molecular weight excluding hydrogens is 319 g/mol. The molecule has 4 aromatic rings. The molecule has 2 aromatic carbocycles. The third kappa shape index (κ3) is 2.78. The Morgan fingerprint density at radius 1 is 1.16 bits per heavy atom. The quantitative estimate of drug-likeness (QED) is 0.524. The summed E-state index contributed by atoms with van der Waals surface area (Å²) in [6, 6.07) is 9.79. The van der Waals surface area contributed by atoms with Crippen molar-refractivity contribution < 1.29 is 9.18 Å². The van der Waals surface area contributed by atoms with Gasteiger partial charge < -0.3 is 10.3 Å². The van der Waals surface area contributed by atoms with Crippen LogP contribution in [0.3, 0.4) is 0 Å². The zero-order valence-corrected chi connectivity index (χ0v) is 13.4. The van der Waals surface area contributed by atoms with Crippen molar-refractivity contribution in [3.05, 3.63) is 71.9 Å². The van der Waals surface area contributed by atoms with E-state index in [2.05, 4.69) is 20.5 Å². The maximum Gasteiger partial charge on any atom is 0.257 e. The average molecular weight is 334 g/mol. The summed E-state index contributed by atoms with van der Waals surface area (Å²) in [4.78, 5) is 15.6. The van der Waals surface area contributed by atoms with Crippen LogP contribution in [0.25, 0.3) is 22.0 Å². The number of H-pyrrole nitrogens is 2. The number of carbonyl (C=O) groups excluding carboxylic acids is 1. The summed E-state index contributed by atoms with van der Waals surface area (Å²) in [6.45, 7) is 1.97. The minimum Gasteiger partial charge on any atom is -0.366 e. The van der Waals surface area contributed by atoms with Crippen molar-refractivity contribution >= 4 is 22.5 Å². The van der Waals surface area contributed by atoms with Gasteiger partial charge in [0, 0.05) is 29.0 Å². The fourth-order valence-electron chi connectivity index (χ4n) is 2.92. The number of nitrogens with one attached hydrogen (secondary N) is 3. The fourth-order valence-corrected chi connectivity index (χ4v) is 2.92. The summed E-state index contributed by atoms with van der Waals surface area (Å²) in [7, 11) is 0. The first-order valence-electron chi connectivity index (χ1n) is 7.79. The lowest BCUT2D eigenvalue weighted by atomic mass is 10.0. The number of anilines is 1. The summed E-state index contributed by atoms with van der Waals surface area (Å²) in [5.41, 5.74) is 4.56. The van der Waals surface area contributed by atoms with E-state index in [9.17, 15) is 9.18 Å². The first kappa shape index (κ1) is 15.1. The van der Waals surface area contributed by atoms with Crippen LogP contribution < -0.4 is 5.32 Å². The van der Waals surface area contributed by atoms with Crippen LogP contribution in [0.4, 0.5) is 10.1 Å². The van der Waals surface area contributed by atoms with Gasteiger partial charge in [-0.2, -0.15) is 5.10 Å². The lowest BCUT2D eigenvalue weighted by molar-refractivity contribution is 0.102. The van der Waals surface area contributed by atoms with Gasteiger partial charge in [0.2, 0.25) is 0 Å². The zero-order valence-electron chi connectivity index (χ0n) is 13.4. The minimum absolute atomic E-state index is 0.237. The van der Waals surface area contributed by atoms with Crippen molar-refractivity contribution in [2.24, 2.45) is 0 Å². The second-order valence-electron chi connectivity index (χ2n) is 5.87. The summed E-state index contributed by atoms with van der Waals surface area (Å²) in [5.74, 6) is -0.549. The molecule has 0 saturated heterocycles. The molecule has 0 bridgehead atoms. The summed E-state index contributed by atoms with van der Waals surface area (Å²) in [6.07, 6.45) is 5.12. The van der Waals surface area contributed by atoms with E-state index in [-0.39, 0.29) is 11.7 Å². The Balaban J connectivity index is 1.65. The van der Waals surface area contributed by atoms with Crippen LogP contribution in [-0.4, -0.2) is 21.1 Å². The molecule has 0 aliphatic rings. The number of aromatic nitrogens is 3. The Bertz CT molecular complexity index is 1060. The number of aromatic amines is 2. The fraction of sp³-hybridized carbons (Fsp3) is 0.0526. The number of rotatable bonds is 3. The van der Waals surface area contributed by atoms with Crippen LogP contribution in [0.2, 0.25) is 0 Å². The van der Waals surface area contributed by atoms with Gasteiger partial charge in [0.15, 0.2) is 0 Å². The number of carbonyl (C=O) groups is 1. The van der Waals surface area contributed by atoms with Crippen LogP contribution in [0.5, 0.6) is 0 Å². The van der Waals surface area contributed by atoms with E-state index < -0.39 is 0 Å². The van der Waals surface area contributed by atoms with Crippen molar-refractivity contribution in [3.63, 3.8) is 0 Å². The number of amides is 1. The molecular formula is C19H15FN4O. The molecule has 1 amide bonds. The van der Waals surface area contributed by atoms with Gasteiger partial charge in [-0.25, -0.2) is 4.39 Å². The maximum atomic E-state index is 13.1. The van der Waals surface area contributed by atoms with E-state index in [0.717, 1.165) is 27.6 Å². The van der Waals surface area contributed by atoms with Crippen molar-refractivity contribution in [1.82, 2.24) is 15.2 Å². The van der Waals surface area contributed by atoms with Crippen molar-refractivity contribution in [2.75, 3.05) is 5.32 Å². The van der Waals surface area contributed by atoms with E-state index >= 15 is 0 Å². The van der Waals surface area contributed by atoms with E-state index in [1.165, 1.54) is 12.1 Å². The lowest BCUT2D eigenvalue weighted by Gasteiger charge is -2.08. The van der Waals surface area contributed by atoms with Crippen LogP contribution in [0.15, 0.2) is 55.0 Å². The highest BCUT2D eigenvalue weighted by Gasteiger charge is 2.15. The molecule has 3 N–H and O–H groups in total. The molecule has 2 aromatic heterocycles. The zero-order chi connectivity index (χ0) is 17.4. The SMILES string of the molecule is Cc1cc(NC(=O)c2c[nH]cc2-c2ccc(F)cc2)cc2[nH]ncc12. The molecule has 0 saturated carbocycles. The Morgan fingerprint density at radius 3 is 2.76 bits per heavy atom. The first-order valence-corrected chi connectivity index (χ1v) is 7.79. The molecule has 4 rings (SSSR count).